The predicted molar refractivity (Wildman–Crippen MR) is 60.2 cm³/mol. The summed E-state index contributed by atoms with van der Waals surface area (Å²) >= 11 is 0. The number of aromatic nitrogens is 2. The van der Waals surface area contributed by atoms with E-state index in [1.807, 2.05) is 0 Å². The van der Waals surface area contributed by atoms with E-state index in [1.54, 1.807) is 0 Å². The smallest absolute Gasteiger partial charge is 0.545 e. The standard InChI is InChI=1S/C10H13N3O7.Na/c11-7-3(9(17)18)1-13(10(19)12-7)8-6(16)5(15)4(2-14)20-8;/h1,4-6,8,14-16H,2H2,(H,17,18)(H2,11,12,19);/q;+1/p-1/t4-,5-,6-,8-;/m1./s1. The predicted octanol–water partition coefficient (Wildman–Crippen LogP) is -7.20. The minimum Gasteiger partial charge on any atom is -0.545 e. The Labute approximate surface area is 140 Å². The molecule has 0 unspecified atom stereocenters. The number of aromatic carboxylic acids is 1. The van der Waals surface area contributed by atoms with Crippen molar-refractivity contribution in [1.29, 1.82) is 0 Å². The van der Waals surface area contributed by atoms with Gasteiger partial charge in [0.05, 0.1) is 18.1 Å². The van der Waals surface area contributed by atoms with Crippen LogP contribution in [-0.4, -0.2) is 55.8 Å². The molecule has 0 aromatic carbocycles. The normalized spacial score (nSPS) is 28.1. The molecule has 5 N–H and O–H groups in total. The van der Waals surface area contributed by atoms with Crippen molar-refractivity contribution in [2.75, 3.05) is 12.3 Å². The first-order valence-electron chi connectivity index (χ1n) is 5.59. The van der Waals surface area contributed by atoms with Crippen LogP contribution in [0.5, 0.6) is 0 Å². The van der Waals surface area contributed by atoms with E-state index in [0.717, 1.165) is 6.20 Å². The number of nitrogens with two attached hydrogens (primary N) is 1. The third kappa shape index (κ3) is 3.26. The quantitative estimate of drug-likeness (QED) is 0.396. The fraction of sp³-hybridized carbons (Fsp3) is 0.500. The van der Waals surface area contributed by atoms with Crippen molar-refractivity contribution in [1.82, 2.24) is 9.55 Å². The second-order valence-electron chi connectivity index (χ2n) is 4.25. The molecule has 1 aromatic heterocycles. The van der Waals surface area contributed by atoms with Gasteiger partial charge in [-0.1, -0.05) is 0 Å². The SMILES string of the molecule is Nc1nc(=O)n([C@@H]2O[C@H](CO)[C@@H](O)[C@H]2O)cc1C(=O)[O-].[Na+]. The molecule has 110 valence electrons. The molecule has 1 aliphatic heterocycles. The van der Waals surface area contributed by atoms with Gasteiger partial charge in [0.25, 0.3) is 0 Å². The number of ether oxygens (including phenoxy) is 1. The van der Waals surface area contributed by atoms with E-state index in [-0.39, 0.29) is 29.6 Å². The minimum atomic E-state index is -1.66. The van der Waals surface area contributed by atoms with Gasteiger partial charge in [0.2, 0.25) is 0 Å². The molecule has 0 radical (unpaired) electrons. The summed E-state index contributed by atoms with van der Waals surface area (Å²) < 4.78 is 5.77. The van der Waals surface area contributed by atoms with Gasteiger partial charge in [-0.3, -0.25) is 4.57 Å². The summed E-state index contributed by atoms with van der Waals surface area (Å²) in [5.41, 5.74) is 3.74. The van der Waals surface area contributed by atoms with Crippen molar-refractivity contribution in [2.45, 2.75) is 24.5 Å². The van der Waals surface area contributed by atoms with Crippen LogP contribution in [0.3, 0.4) is 0 Å². The Bertz CT molecular complexity index is 593. The van der Waals surface area contributed by atoms with E-state index >= 15 is 0 Å². The second kappa shape index (κ2) is 6.83. The number of aliphatic hydroxyl groups excluding tert-OH is 3. The maximum atomic E-state index is 11.7. The van der Waals surface area contributed by atoms with Crippen molar-refractivity contribution in [2.24, 2.45) is 0 Å². The summed E-state index contributed by atoms with van der Waals surface area (Å²) in [6, 6.07) is 0. The number of carbonyl (C=O) groups is 1. The van der Waals surface area contributed by atoms with Crippen LogP contribution in [0.1, 0.15) is 16.6 Å². The van der Waals surface area contributed by atoms with E-state index in [4.69, 9.17) is 15.6 Å². The van der Waals surface area contributed by atoms with Gasteiger partial charge in [-0.15, -0.1) is 0 Å². The van der Waals surface area contributed by atoms with Gasteiger partial charge in [0.15, 0.2) is 6.23 Å². The molecular formula is C10H12N3NaO7. The van der Waals surface area contributed by atoms with Gasteiger partial charge in [0, 0.05) is 6.20 Å². The molecule has 1 aromatic rings. The molecule has 0 saturated carbocycles. The number of carboxylic acids is 1. The molecule has 2 rings (SSSR count). The van der Waals surface area contributed by atoms with Crippen LogP contribution in [-0.2, 0) is 4.74 Å². The van der Waals surface area contributed by atoms with Crippen molar-refractivity contribution in [3.8, 4) is 0 Å². The fourth-order valence-corrected chi connectivity index (χ4v) is 1.93. The van der Waals surface area contributed by atoms with Crippen molar-refractivity contribution in [3.63, 3.8) is 0 Å². The summed E-state index contributed by atoms with van der Waals surface area (Å²) in [6.45, 7) is -0.584. The van der Waals surface area contributed by atoms with Gasteiger partial charge in [-0.25, -0.2) is 4.79 Å². The first-order chi connectivity index (χ1) is 9.36. The summed E-state index contributed by atoms with van der Waals surface area (Å²) in [5, 5.41) is 39.1. The summed E-state index contributed by atoms with van der Waals surface area (Å²) in [5.74, 6) is -2.19. The average molecular weight is 309 g/mol. The molecule has 11 heteroatoms. The zero-order valence-corrected chi connectivity index (χ0v) is 13.0. The zero-order valence-electron chi connectivity index (χ0n) is 11.0. The summed E-state index contributed by atoms with van der Waals surface area (Å²) in [6.07, 6.45) is -4.65. The van der Waals surface area contributed by atoms with Gasteiger partial charge in [-0.2, -0.15) is 4.98 Å². The number of carbonyl (C=O) groups excluding carboxylic acids is 1. The largest absolute Gasteiger partial charge is 1.00 e. The van der Waals surface area contributed by atoms with Gasteiger partial charge in [-0.05, 0) is 0 Å². The Kier molecular flexibility index (Phi) is 5.87. The Morgan fingerprint density at radius 1 is 1.48 bits per heavy atom. The number of rotatable bonds is 3. The minimum absolute atomic E-state index is 0. The third-order valence-electron chi connectivity index (χ3n) is 2.99. The van der Waals surface area contributed by atoms with Crippen LogP contribution in [0.25, 0.3) is 0 Å². The first kappa shape index (κ1) is 18.0. The molecule has 1 aliphatic rings. The van der Waals surface area contributed by atoms with E-state index in [1.165, 1.54) is 0 Å². The van der Waals surface area contributed by atoms with E-state index in [0.29, 0.717) is 4.57 Å². The Balaban J connectivity index is 0.00000220. The second-order valence-corrected chi connectivity index (χ2v) is 4.25. The van der Waals surface area contributed by atoms with Crippen LogP contribution in [0.15, 0.2) is 11.0 Å². The molecular weight excluding hydrogens is 297 g/mol. The molecule has 0 amide bonds. The molecule has 0 bridgehead atoms. The van der Waals surface area contributed by atoms with Crippen LogP contribution in [0.4, 0.5) is 5.82 Å². The molecule has 0 spiro atoms. The van der Waals surface area contributed by atoms with Crippen LogP contribution in [0.2, 0.25) is 0 Å². The number of hydrogen-bond donors (Lipinski definition) is 4. The van der Waals surface area contributed by atoms with Crippen molar-refractivity contribution in [3.05, 3.63) is 22.2 Å². The molecule has 2 heterocycles. The molecule has 4 atom stereocenters. The number of aliphatic hydroxyl groups is 3. The van der Waals surface area contributed by atoms with Gasteiger partial charge in [0.1, 0.15) is 24.1 Å². The van der Waals surface area contributed by atoms with Gasteiger partial charge >= 0.3 is 35.2 Å². The Hall–Kier alpha value is -1.01. The number of anilines is 1. The van der Waals surface area contributed by atoms with Crippen LogP contribution < -0.4 is 46.1 Å². The van der Waals surface area contributed by atoms with Crippen LogP contribution in [0, 0.1) is 0 Å². The Morgan fingerprint density at radius 3 is 2.57 bits per heavy atom. The molecule has 10 nitrogen and oxygen atoms in total. The number of hydrogen-bond acceptors (Lipinski definition) is 9. The monoisotopic (exact) mass is 309 g/mol. The van der Waals surface area contributed by atoms with Crippen LogP contribution >= 0.6 is 0 Å². The maximum absolute atomic E-state index is 11.7. The van der Waals surface area contributed by atoms with E-state index in [9.17, 15) is 24.9 Å². The molecule has 1 saturated heterocycles. The topological polar surface area (TPSA) is 171 Å². The fourth-order valence-electron chi connectivity index (χ4n) is 1.93. The van der Waals surface area contributed by atoms with E-state index in [2.05, 4.69) is 4.98 Å². The third-order valence-corrected chi connectivity index (χ3v) is 2.99. The van der Waals surface area contributed by atoms with Gasteiger partial charge < -0.3 is 35.7 Å². The van der Waals surface area contributed by atoms with E-state index < -0.39 is 54.2 Å². The Morgan fingerprint density at radius 2 is 2.10 bits per heavy atom. The first-order valence-corrected chi connectivity index (χ1v) is 5.59. The molecule has 0 aliphatic carbocycles. The number of nitrogens with zero attached hydrogens (tertiary/aromatic N) is 2. The summed E-state index contributed by atoms with van der Waals surface area (Å²) in [7, 11) is 0. The molecule has 21 heavy (non-hydrogen) atoms. The number of nitrogen functional groups attached to an aromatic ring is 1. The maximum Gasteiger partial charge on any atom is 1.00 e. The molecule has 1 fully saturated rings. The van der Waals surface area contributed by atoms with Crippen molar-refractivity contribution >= 4 is 11.8 Å². The average Bonchev–Trinajstić information content (AvgIpc) is 2.66. The summed E-state index contributed by atoms with van der Waals surface area (Å²) in [4.78, 5) is 25.8. The number of carboxylic acid groups (broad SMARTS) is 1. The zero-order chi connectivity index (χ0) is 15.0. The van der Waals surface area contributed by atoms with Crippen molar-refractivity contribution < 1.29 is 59.5 Å².